The van der Waals surface area contributed by atoms with Crippen molar-refractivity contribution in [1.29, 1.82) is 0 Å². The van der Waals surface area contributed by atoms with E-state index in [4.69, 9.17) is 35.4 Å². The number of methoxy groups -OCH3 is 1. The molecular weight excluding hydrogens is 1810 g/mol. The Labute approximate surface area is 828 Å². The van der Waals surface area contributed by atoms with E-state index >= 15 is 0 Å². The molecule has 1 unspecified atom stereocenters. The van der Waals surface area contributed by atoms with Gasteiger partial charge >= 0.3 is 35.8 Å². The summed E-state index contributed by atoms with van der Waals surface area (Å²) in [7, 11) is 1.64. The molecule has 1 fully saturated rings. The maximum absolute atomic E-state index is 13.4. The first kappa shape index (κ1) is 107. The zero-order valence-corrected chi connectivity index (χ0v) is 79.3. The van der Waals surface area contributed by atoms with Crippen molar-refractivity contribution in [3.05, 3.63) is 424 Å². The van der Waals surface area contributed by atoms with E-state index in [1.54, 1.807) is 68.6 Å². The minimum Gasteiger partial charge on any atom is -0.497 e. The van der Waals surface area contributed by atoms with Crippen molar-refractivity contribution in [1.82, 2.24) is 0 Å². The van der Waals surface area contributed by atoms with E-state index in [1.165, 1.54) is 30.4 Å². The molecule has 143 heavy (non-hydrogen) atoms. The average molecular weight is 1930 g/mol. The number of aryl methyl sites for hydroxylation is 4. The van der Waals surface area contributed by atoms with Gasteiger partial charge in [-0.2, -0.15) is 0 Å². The van der Waals surface area contributed by atoms with E-state index in [0.29, 0.717) is 85.0 Å². The molecule has 732 valence electrons. The van der Waals surface area contributed by atoms with Crippen LogP contribution in [-0.4, -0.2) is 109 Å². The predicted octanol–water partition coefficient (Wildman–Crippen LogP) is 23.1. The Bertz CT molecular complexity index is 6720. The first-order chi connectivity index (χ1) is 68.9. The van der Waals surface area contributed by atoms with Gasteiger partial charge in [0, 0.05) is 82.6 Å². The Kier molecular flexibility index (Phi) is 41.9. The molecule has 0 aliphatic heterocycles. The predicted molar refractivity (Wildman–Crippen MR) is 556 cm³/mol. The van der Waals surface area contributed by atoms with Gasteiger partial charge in [0.25, 0.3) is 11.8 Å². The third kappa shape index (κ3) is 37.0. The molecule has 1 aliphatic carbocycles. The molecule has 0 radical (unpaired) electrons. The minimum atomic E-state index is -0.984. The smallest absolute Gasteiger partial charge is 0.335 e. The number of hydrogen-bond acceptors (Lipinski definition) is 13. The maximum atomic E-state index is 13.4. The zero-order chi connectivity index (χ0) is 102. The molecule has 15 rings (SSSR count). The van der Waals surface area contributed by atoms with Crippen LogP contribution in [0.5, 0.6) is 5.75 Å². The Hall–Kier alpha value is -17.6. The van der Waals surface area contributed by atoms with E-state index in [1.807, 2.05) is 280 Å². The van der Waals surface area contributed by atoms with E-state index in [-0.39, 0.29) is 78.5 Å². The summed E-state index contributed by atoms with van der Waals surface area (Å²) >= 11 is 0. The summed E-state index contributed by atoms with van der Waals surface area (Å²) in [6.45, 7) is 3.67. The molecular formula is C117H113FN6O19. The number of ether oxygens (including phenoxy) is 1. The fraction of sp³-hybridized carbons (Fsp3) is 0.179. The molecule has 0 aromatic heterocycles. The summed E-state index contributed by atoms with van der Waals surface area (Å²) in [6, 6.07) is 103. The highest BCUT2D eigenvalue weighted by atomic mass is 19.1. The summed E-state index contributed by atoms with van der Waals surface area (Å²) in [5, 5.41) is 73.3. The van der Waals surface area contributed by atoms with E-state index in [0.717, 1.165) is 114 Å². The minimum absolute atomic E-state index is 0.0485. The lowest BCUT2D eigenvalue weighted by Crippen LogP contribution is -2.27. The number of rotatable bonds is 37. The van der Waals surface area contributed by atoms with Gasteiger partial charge in [-0.15, -0.1) is 0 Å². The average Bonchev–Trinajstić information content (AvgIpc) is 1.60. The normalized spacial score (nSPS) is 11.5. The number of anilines is 6. The molecule has 14 aromatic rings. The van der Waals surface area contributed by atoms with Gasteiger partial charge in [0.15, 0.2) is 0 Å². The number of amides is 6. The highest BCUT2D eigenvalue weighted by Crippen LogP contribution is 2.49. The molecule has 26 heteroatoms. The molecule has 12 N–H and O–H groups in total. The maximum Gasteiger partial charge on any atom is 0.335 e. The highest BCUT2D eigenvalue weighted by Gasteiger charge is 2.51. The lowest BCUT2D eigenvalue weighted by Gasteiger charge is -2.16. The Balaban J connectivity index is 0.000000177. The lowest BCUT2D eigenvalue weighted by atomic mass is 9.95. The van der Waals surface area contributed by atoms with Crippen molar-refractivity contribution >= 4 is 139 Å². The standard InChI is InChI=1S/C24H25NO4.C21H19NO3.2C20H21NO3.C17H14FNO3.C15H13NO3/c1-16(18-8-9-20-15-22(29-2)13-10-19(20)14-18)24(28)25-21-11-6-17(7-12-21)4-3-5-23(26)27;23-20(24)10-3-5-15-11-13-17(14-12-15)22-21(25)19-9-4-7-16-6-1-2-8-18(16)19;22-18(23)8-4-5-15-9-11-17(12-10-15)21-19(24)20(13-14-20)16-6-2-1-3-7-16;1-15(14-17-6-3-2-4-7-17)20(24)21-18-12-10-16(11-13-18)8-5-9-19(22)23;18-15-4-2-1-3-13(15)7-10-16(20)19-14-8-5-12(6-9-14)11-17(21)22;17-14(10-11-4-2-1-3-5-11)16-13-8-6-12(7-9-13)15(18)19/h6-16H,3-5H2,1-2H3,(H,25,28)(H,26,27);1-2,4,6-9,11-14H,3,5,10H2,(H,22,25)(H,23,24);1-3,6-7,9-12H,4-5,8,13-14H2,(H,21,24)(H,22,23);2-4,6-7,10-14H,5,8-9H2,1H3,(H,21,24)(H,22,23);1-10H,11H2,(H,19,20)(H,21,22);1-9H,10H2,(H,16,17)(H,18,19)/b;;;15-14+;10-7+;. The van der Waals surface area contributed by atoms with Crippen molar-refractivity contribution in [2.24, 2.45) is 0 Å². The number of fused-ring (bicyclic) bond motifs is 2. The Morgan fingerprint density at radius 1 is 0.392 bits per heavy atom. The third-order valence-corrected chi connectivity index (χ3v) is 22.9. The quantitative estimate of drug-likeness (QED) is 0.0161. The van der Waals surface area contributed by atoms with Crippen molar-refractivity contribution in [2.75, 3.05) is 39.0 Å². The van der Waals surface area contributed by atoms with Crippen molar-refractivity contribution in [3.8, 4) is 5.75 Å². The van der Waals surface area contributed by atoms with Crippen LogP contribution in [0, 0.1) is 5.82 Å². The second-order valence-electron chi connectivity index (χ2n) is 33.7. The lowest BCUT2D eigenvalue weighted by molar-refractivity contribution is -0.138. The summed E-state index contributed by atoms with van der Waals surface area (Å²) in [4.78, 5) is 137. The Morgan fingerprint density at radius 2 is 0.818 bits per heavy atom. The fourth-order valence-electron chi connectivity index (χ4n) is 14.9. The number of carbonyl (C=O) groups is 12. The van der Waals surface area contributed by atoms with Crippen LogP contribution in [0.25, 0.3) is 33.7 Å². The largest absolute Gasteiger partial charge is 0.497 e. The van der Waals surface area contributed by atoms with Crippen LogP contribution >= 0.6 is 0 Å². The van der Waals surface area contributed by atoms with Gasteiger partial charge in [-0.3, -0.25) is 52.7 Å². The highest BCUT2D eigenvalue weighted by molar-refractivity contribution is 6.13. The topological polar surface area (TPSA) is 408 Å². The van der Waals surface area contributed by atoms with Gasteiger partial charge in [0.1, 0.15) is 11.6 Å². The molecule has 6 amide bonds. The van der Waals surface area contributed by atoms with Gasteiger partial charge in [-0.05, 0) is 271 Å². The number of carbonyl (C=O) groups excluding carboxylic acids is 6. The van der Waals surface area contributed by atoms with Crippen molar-refractivity contribution in [3.63, 3.8) is 0 Å². The van der Waals surface area contributed by atoms with Crippen molar-refractivity contribution < 1.29 is 97.3 Å². The monoisotopic (exact) mass is 1920 g/mol. The molecule has 14 aromatic carbocycles. The molecule has 0 heterocycles. The number of nitrogens with one attached hydrogen (secondary N) is 6. The van der Waals surface area contributed by atoms with Crippen LogP contribution < -0.4 is 36.6 Å². The van der Waals surface area contributed by atoms with Gasteiger partial charge in [-0.25, -0.2) is 9.18 Å². The van der Waals surface area contributed by atoms with Crippen LogP contribution in [0.15, 0.2) is 351 Å². The summed E-state index contributed by atoms with van der Waals surface area (Å²) in [6.07, 6.45) is 12.5. The van der Waals surface area contributed by atoms with Gasteiger partial charge in [0.05, 0.1) is 36.8 Å². The third-order valence-electron chi connectivity index (χ3n) is 22.9. The fourth-order valence-corrected chi connectivity index (χ4v) is 14.9. The van der Waals surface area contributed by atoms with Gasteiger partial charge < -0.3 is 67.3 Å². The number of aliphatic carboxylic acids is 5. The molecule has 25 nitrogen and oxygen atoms in total. The number of aromatic carboxylic acids is 1. The van der Waals surface area contributed by atoms with Crippen LogP contribution in [0.4, 0.5) is 38.5 Å². The summed E-state index contributed by atoms with van der Waals surface area (Å²) < 4.78 is 18.6. The molecule has 1 aliphatic rings. The first-order valence-electron chi connectivity index (χ1n) is 46.5. The summed E-state index contributed by atoms with van der Waals surface area (Å²) in [5.74, 6) is -5.72. The second-order valence-corrected chi connectivity index (χ2v) is 33.7. The molecule has 1 atom stereocenters. The Morgan fingerprint density at radius 3 is 1.32 bits per heavy atom. The van der Waals surface area contributed by atoms with Crippen molar-refractivity contribution in [2.45, 2.75) is 128 Å². The van der Waals surface area contributed by atoms with E-state index in [9.17, 15) is 61.9 Å². The number of carboxylic acids is 6. The number of halogens is 1. The van der Waals surface area contributed by atoms with Crippen LogP contribution in [-0.2, 0) is 91.9 Å². The first-order valence-corrected chi connectivity index (χ1v) is 46.5. The number of carboxylic acid groups (broad SMARTS) is 6. The molecule has 0 bridgehead atoms. The zero-order valence-electron chi connectivity index (χ0n) is 79.3. The van der Waals surface area contributed by atoms with Crippen LogP contribution in [0.3, 0.4) is 0 Å². The summed E-state index contributed by atoms with van der Waals surface area (Å²) in [5.41, 5.74) is 14.4. The van der Waals surface area contributed by atoms with Crippen LogP contribution in [0.2, 0.25) is 0 Å². The van der Waals surface area contributed by atoms with E-state index in [2.05, 4.69) is 31.9 Å². The number of hydrogen-bond donors (Lipinski definition) is 12. The van der Waals surface area contributed by atoms with Crippen LogP contribution in [0.1, 0.15) is 160 Å². The van der Waals surface area contributed by atoms with Gasteiger partial charge in [-0.1, -0.05) is 231 Å². The SMILES string of the molecule is C/C(=C\c1ccccc1)C(=O)Nc1ccc(CCCC(=O)O)cc1.COc1ccc2cc(C(C)C(=O)Nc3ccc(CCCC(=O)O)cc3)ccc2c1.O=C(Cc1ccccc1)Nc1ccc(C(=O)O)cc1.O=C(O)CCCc1ccc(NC(=O)C2(c3ccccc3)CC2)cc1.O=C(O)CCCc1ccc(NC(=O)c2cccc3ccccc23)cc1.O=C(O)Cc1ccc(NC(=O)/C=C/c2ccccc2F)cc1. The second kappa shape index (κ2) is 55.7. The molecule has 0 saturated heterocycles. The molecule has 1 saturated carbocycles. The number of benzene rings is 14. The van der Waals surface area contributed by atoms with E-state index < -0.39 is 47.5 Å². The molecule has 0 spiro atoms. The van der Waals surface area contributed by atoms with Gasteiger partial charge in [0.2, 0.25) is 23.6 Å².